The van der Waals surface area contributed by atoms with Crippen LogP contribution in [0.4, 0.5) is 5.69 Å². The van der Waals surface area contributed by atoms with E-state index in [1.54, 1.807) is 37.3 Å². The van der Waals surface area contributed by atoms with Gasteiger partial charge in [-0.2, -0.15) is 0 Å². The number of aliphatic hydroxyl groups excluding tert-OH is 1. The summed E-state index contributed by atoms with van der Waals surface area (Å²) in [5.41, 5.74) is 1.29. The van der Waals surface area contributed by atoms with Crippen molar-refractivity contribution in [2.75, 3.05) is 18.5 Å². The van der Waals surface area contributed by atoms with Crippen molar-refractivity contribution in [2.45, 2.75) is 6.92 Å². The minimum absolute atomic E-state index is 0.0283. The first-order chi connectivity index (χ1) is 10.5. The van der Waals surface area contributed by atoms with E-state index in [1.807, 2.05) is 0 Å². The van der Waals surface area contributed by atoms with Crippen molar-refractivity contribution in [1.29, 1.82) is 0 Å². The highest BCUT2D eigenvalue weighted by atomic mass is 32.3. The average Bonchev–Trinajstić information content (AvgIpc) is 2.48. The van der Waals surface area contributed by atoms with E-state index < -0.39 is 10.4 Å². The van der Waals surface area contributed by atoms with Crippen molar-refractivity contribution in [2.24, 2.45) is 0 Å². The highest BCUT2D eigenvalue weighted by molar-refractivity contribution is 7.82. The normalized spacial score (nSPS) is 11.0. The van der Waals surface area contributed by atoms with E-state index in [1.165, 1.54) is 18.2 Å². The summed E-state index contributed by atoms with van der Waals surface area (Å²) in [4.78, 5) is 0. The molecule has 2 aromatic carbocycles. The molecule has 0 aromatic heterocycles. The maximum atomic E-state index is 11.9. The Morgan fingerprint density at radius 2 is 1.82 bits per heavy atom. The van der Waals surface area contributed by atoms with E-state index in [-0.39, 0.29) is 18.1 Å². The topological polar surface area (TPSA) is 84.9 Å². The van der Waals surface area contributed by atoms with Crippen LogP contribution in [0.5, 0.6) is 11.5 Å². The largest absolute Gasteiger partial charge is 0.500 e. The summed E-state index contributed by atoms with van der Waals surface area (Å²) < 4.78 is 33.8. The molecule has 0 aliphatic carbocycles. The Hall–Kier alpha value is -2.25. The Morgan fingerprint density at radius 3 is 2.50 bits per heavy atom. The van der Waals surface area contributed by atoms with Gasteiger partial charge in [0.1, 0.15) is 5.75 Å². The number of aryl methyl sites for hydroxylation is 1. The lowest BCUT2D eigenvalue weighted by atomic mass is 10.2. The molecule has 118 valence electrons. The fraction of sp³-hybridized carbons (Fsp3) is 0.200. The van der Waals surface area contributed by atoms with E-state index >= 15 is 0 Å². The molecule has 0 saturated carbocycles. The fourth-order valence-corrected chi connectivity index (χ4v) is 2.50. The Bertz CT molecular complexity index is 716. The molecule has 0 spiro atoms. The van der Waals surface area contributed by atoms with Crippen molar-refractivity contribution in [3.05, 3.63) is 54.1 Å². The van der Waals surface area contributed by atoms with Crippen LogP contribution in [0.25, 0.3) is 0 Å². The van der Waals surface area contributed by atoms with Crippen molar-refractivity contribution >= 4 is 16.1 Å². The molecule has 0 radical (unpaired) electrons. The van der Waals surface area contributed by atoms with Crippen molar-refractivity contribution in [1.82, 2.24) is 0 Å². The van der Waals surface area contributed by atoms with Gasteiger partial charge in [-0.1, -0.05) is 24.3 Å². The summed E-state index contributed by atoms with van der Waals surface area (Å²) in [7, 11) is -4.22. The van der Waals surface area contributed by atoms with Crippen LogP contribution < -0.4 is 13.7 Å². The molecule has 7 heteroatoms. The first-order valence-corrected chi connectivity index (χ1v) is 7.98. The van der Waals surface area contributed by atoms with Crippen LogP contribution in [0.3, 0.4) is 0 Å². The van der Waals surface area contributed by atoms with Gasteiger partial charge in [0.05, 0.1) is 6.61 Å². The van der Waals surface area contributed by atoms with E-state index in [9.17, 15) is 8.42 Å². The van der Waals surface area contributed by atoms with Crippen molar-refractivity contribution < 1.29 is 21.9 Å². The molecule has 2 rings (SSSR count). The van der Waals surface area contributed by atoms with E-state index in [0.29, 0.717) is 17.8 Å². The molecular formula is C15H17NO5S. The third-order valence-electron chi connectivity index (χ3n) is 2.76. The smallest absolute Gasteiger partial charge is 0.395 e. The Morgan fingerprint density at radius 1 is 1.09 bits per heavy atom. The lowest BCUT2D eigenvalue weighted by molar-refractivity contribution is 0.311. The molecule has 6 nitrogen and oxygen atoms in total. The molecule has 0 amide bonds. The van der Waals surface area contributed by atoms with Gasteiger partial charge in [-0.25, -0.2) is 0 Å². The van der Waals surface area contributed by atoms with Crippen molar-refractivity contribution in [3.8, 4) is 11.5 Å². The first kappa shape index (κ1) is 16.1. The predicted octanol–water partition coefficient (Wildman–Crippen LogP) is 2.10. The van der Waals surface area contributed by atoms with Gasteiger partial charge in [-0.3, -0.25) is 0 Å². The number of rotatable bonds is 7. The molecule has 0 unspecified atom stereocenters. The summed E-state index contributed by atoms with van der Waals surface area (Å²) >= 11 is 0. The van der Waals surface area contributed by atoms with E-state index in [4.69, 9.17) is 13.5 Å². The summed E-state index contributed by atoms with van der Waals surface area (Å²) in [6.07, 6.45) is 0. The number of hydrogen-bond acceptors (Lipinski definition) is 6. The zero-order chi connectivity index (χ0) is 16.0. The molecule has 22 heavy (non-hydrogen) atoms. The predicted molar refractivity (Wildman–Crippen MR) is 83.4 cm³/mol. The van der Waals surface area contributed by atoms with Gasteiger partial charge in [0, 0.05) is 18.3 Å². The summed E-state index contributed by atoms with van der Waals surface area (Å²) in [5.74, 6) is 0.341. The minimum atomic E-state index is -4.22. The van der Waals surface area contributed by atoms with Crippen LogP contribution in [0.1, 0.15) is 5.56 Å². The number of anilines is 1. The molecule has 2 aromatic rings. The zero-order valence-electron chi connectivity index (χ0n) is 12.0. The summed E-state index contributed by atoms with van der Waals surface area (Å²) in [6, 6.07) is 13.1. The molecule has 0 atom stereocenters. The van der Waals surface area contributed by atoms with Crippen LogP contribution in [0.15, 0.2) is 48.5 Å². The quantitative estimate of drug-likeness (QED) is 0.812. The number of nitrogens with one attached hydrogen (secondary N) is 1. The standard InChI is InChI=1S/C15H17NO5S/c1-12-7-8-13(16-9-10-17)11-15(12)21-22(18,19)20-14-5-3-2-4-6-14/h2-8,11,16-17H,9-10H2,1H3. The van der Waals surface area contributed by atoms with Gasteiger partial charge < -0.3 is 18.8 Å². The van der Waals surface area contributed by atoms with E-state index in [2.05, 4.69) is 5.32 Å². The molecule has 0 bridgehead atoms. The third kappa shape index (κ3) is 4.64. The van der Waals surface area contributed by atoms with Gasteiger partial charge in [0.25, 0.3) is 0 Å². The number of aliphatic hydroxyl groups is 1. The molecule has 0 aliphatic rings. The van der Waals surface area contributed by atoms with E-state index in [0.717, 1.165) is 0 Å². The highest BCUT2D eigenvalue weighted by Crippen LogP contribution is 2.25. The maximum Gasteiger partial charge on any atom is 0.500 e. The molecule has 0 aliphatic heterocycles. The number of hydrogen-bond donors (Lipinski definition) is 2. The van der Waals surface area contributed by atoms with Crippen LogP contribution in [0.2, 0.25) is 0 Å². The molecule has 0 fully saturated rings. The average molecular weight is 323 g/mol. The van der Waals surface area contributed by atoms with Gasteiger partial charge in [0.15, 0.2) is 5.75 Å². The van der Waals surface area contributed by atoms with Gasteiger partial charge in [-0.15, -0.1) is 8.42 Å². The van der Waals surface area contributed by atoms with Gasteiger partial charge >= 0.3 is 10.4 Å². The highest BCUT2D eigenvalue weighted by Gasteiger charge is 2.17. The molecule has 0 saturated heterocycles. The first-order valence-electron chi connectivity index (χ1n) is 6.64. The second-order valence-electron chi connectivity index (χ2n) is 4.52. The van der Waals surface area contributed by atoms with Crippen LogP contribution in [0, 0.1) is 6.92 Å². The molecular weight excluding hydrogens is 306 g/mol. The Balaban J connectivity index is 2.14. The summed E-state index contributed by atoms with van der Waals surface area (Å²) in [6.45, 7) is 2.05. The molecule has 2 N–H and O–H groups in total. The van der Waals surface area contributed by atoms with Crippen LogP contribution in [-0.2, 0) is 10.4 Å². The van der Waals surface area contributed by atoms with Crippen LogP contribution in [-0.4, -0.2) is 26.7 Å². The van der Waals surface area contributed by atoms with Gasteiger partial charge in [0.2, 0.25) is 0 Å². The second-order valence-corrected chi connectivity index (χ2v) is 5.67. The monoisotopic (exact) mass is 323 g/mol. The lowest BCUT2D eigenvalue weighted by Crippen LogP contribution is -2.17. The Labute approximate surface area is 129 Å². The van der Waals surface area contributed by atoms with Crippen LogP contribution >= 0.6 is 0 Å². The Kier molecular flexibility index (Phi) is 5.24. The molecule has 0 heterocycles. The number of benzene rings is 2. The summed E-state index contributed by atoms with van der Waals surface area (Å²) in [5, 5.41) is 11.7. The zero-order valence-corrected chi connectivity index (χ0v) is 12.8. The third-order valence-corrected chi connectivity index (χ3v) is 3.54. The number of para-hydroxylation sites is 1. The lowest BCUT2D eigenvalue weighted by Gasteiger charge is -2.12. The fourth-order valence-electron chi connectivity index (χ4n) is 1.72. The second kappa shape index (κ2) is 7.15. The van der Waals surface area contributed by atoms with Crippen molar-refractivity contribution in [3.63, 3.8) is 0 Å². The SMILES string of the molecule is Cc1ccc(NCCO)cc1OS(=O)(=O)Oc1ccccc1. The maximum absolute atomic E-state index is 11.9. The minimum Gasteiger partial charge on any atom is -0.395 e. The van der Waals surface area contributed by atoms with Gasteiger partial charge in [-0.05, 0) is 30.7 Å².